The molecule has 2 N–H and O–H groups in total. The maximum Gasteiger partial charge on any atom is 0.191 e. The van der Waals surface area contributed by atoms with Crippen LogP contribution in [-0.4, -0.2) is 38.8 Å². The molecule has 0 radical (unpaired) electrons. The second-order valence-corrected chi connectivity index (χ2v) is 6.29. The number of ether oxygens (including phenoxy) is 1. The molecule has 2 rings (SSSR count). The van der Waals surface area contributed by atoms with E-state index in [1.807, 2.05) is 0 Å². The smallest absolute Gasteiger partial charge is 0.191 e. The number of hydrogen-bond acceptors (Lipinski definition) is 2. The van der Waals surface area contributed by atoms with Gasteiger partial charge in [0.05, 0.1) is 13.2 Å². The number of halogens is 1. The zero-order valence-electron chi connectivity index (χ0n) is 14.7. The van der Waals surface area contributed by atoms with E-state index < -0.39 is 0 Å². The predicted molar refractivity (Wildman–Crippen MR) is 108 cm³/mol. The Bertz CT molecular complexity index is 515. The van der Waals surface area contributed by atoms with E-state index in [0.717, 1.165) is 19.0 Å². The molecule has 1 aliphatic rings. The Labute approximate surface area is 157 Å². The minimum atomic E-state index is 0. The van der Waals surface area contributed by atoms with Crippen LogP contribution in [0.5, 0.6) is 0 Å². The molecule has 0 spiro atoms. The van der Waals surface area contributed by atoms with E-state index in [4.69, 9.17) is 9.73 Å². The summed E-state index contributed by atoms with van der Waals surface area (Å²) in [6.07, 6.45) is 2.46. The fourth-order valence-corrected chi connectivity index (χ4v) is 2.91. The fraction of sp³-hybridized carbons (Fsp3) is 0.611. The highest BCUT2D eigenvalue weighted by molar-refractivity contribution is 14.0. The normalized spacial score (nSPS) is 17.1. The molecule has 5 heteroatoms. The molecule has 1 atom stereocenters. The Morgan fingerprint density at radius 2 is 2.04 bits per heavy atom. The highest BCUT2D eigenvalue weighted by Crippen LogP contribution is 2.49. The van der Waals surface area contributed by atoms with Crippen molar-refractivity contribution >= 4 is 29.9 Å². The summed E-state index contributed by atoms with van der Waals surface area (Å²) in [6, 6.07) is 8.94. The van der Waals surface area contributed by atoms with Crippen LogP contribution in [0.3, 0.4) is 0 Å². The van der Waals surface area contributed by atoms with E-state index in [1.165, 1.54) is 24.0 Å². The number of aliphatic imine (C=N–C) groups is 1. The molecule has 130 valence electrons. The Kier molecular flexibility index (Phi) is 8.33. The van der Waals surface area contributed by atoms with Crippen LogP contribution in [0.1, 0.15) is 37.8 Å². The lowest BCUT2D eigenvalue weighted by molar-refractivity contribution is 0.179. The zero-order chi connectivity index (χ0) is 16.0. The van der Waals surface area contributed by atoms with Crippen molar-refractivity contribution in [1.29, 1.82) is 0 Å². The van der Waals surface area contributed by atoms with Gasteiger partial charge in [0.15, 0.2) is 5.96 Å². The van der Waals surface area contributed by atoms with Gasteiger partial charge in [0, 0.05) is 25.1 Å². The number of methoxy groups -OCH3 is 1. The Morgan fingerprint density at radius 3 is 2.61 bits per heavy atom. The first-order valence-electron chi connectivity index (χ1n) is 8.21. The molecule has 23 heavy (non-hydrogen) atoms. The molecule has 0 bridgehead atoms. The van der Waals surface area contributed by atoms with Crippen molar-refractivity contribution in [3.8, 4) is 0 Å². The minimum Gasteiger partial charge on any atom is -0.383 e. The van der Waals surface area contributed by atoms with E-state index in [1.54, 1.807) is 7.11 Å². The summed E-state index contributed by atoms with van der Waals surface area (Å²) in [5, 5.41) is 6.72. The quantitative estimate of drug-likeness (QED) is 0.396. The summed E-state index contributed by atoms with van der Waals surface area (Å²) in [5.74, 6) is 0.881. The number of aryl methyl sites for hydroxylation is 1. The first-order chi connectivity index (χ1) is 10.6. The van der Waals surface area contributed by atoms with Crippen LogP contribution in [0, 0.1) is 6.92 Å². The number of nitrogens with one attached hydrogen (secondary N) is 2. The van der Waals surface area contributed by atoms with Crippen molar-refractivity contribution in [2.45, 2.75) is 45.1 Å². The van der Waals surface area contributed by atoms with E-state index in [2.05, 4.69) is 55.7 Å². The van der Waals surface area contributed by atoms with Crippen molar-refractivity contribution in [1.82, 2.24) is 10.6 Å². The van der Waals surface area contributed by atoms with E-state index >= 15 is 0 Å². The first kappa shape index (κ1) is 20.2. The number of guanidine groups is 1. The average molecular weight is 431 g/mol. The summed E-state index contributed by atoms with van der Waals surface area (Å²) in [4.78, 5) is 4.83. The molecule has 1 aromatic carbocycles. The second-order valence-electron chi connectivity index (χ2n) is 6.29. The van der Waals surface area contributed by atoms with Crippen molar-refractivity contribution < 1.29 is 4.74 Å². The van der Waals surface area contributed by atoms with Gasteiger partial charge in [-0.2, -0.15) is 0 Å². The van der Waals surface area contributed by atoms with Crippen molar-refractivity contribution in [3.63, 3.8) is 0 Å². The predicted octanol–water partition coefficient (Wildman–Crippen LogP) is 3.23. The summed E-state index contributed by atoms with van der Waals surface area (Å²) >= 11 is 0. The number of rotatable bonds is 7. The van der Waals surface area contributed by atoms with Gasteiger partial charge < -0.3 is 15.4 Å². The zero-order valence-corrected chi connectivity index (χ0v) is 17.0. The molecule has 1 fully saturated rings. The number of benzene rings is 1. The summed E-state index contributed by atoms with van der Waals surface area (Å²) < 4.78 is 5.18. The van der Waals surface area contributed by atoms with Gasteiger partial charge in [-0.25, -0.2) is 0 Å². The van der Waals surface area contributed by atoms with Gasteiger partial charge in [-0.05, 0) is 44.7 Å². The molecule has 0 saturated heterocycles. The summed E-state index contributed by atoms with van der Waals surface area (Å²) in [6.45, 7) is 8.77. The molecular formula is C18H30IN3O. The van der Waals surface area contributed by atoms with E-state index in [0.29, 0.717) is 6.61 Å². The highest BCUT2D eigenvalue weighted by Gasteiger charge is 2.44. The average Bonchev–Trinajstić information content (AvgIpc) is 3.27. The van der Waals surface area contributed by atoms with E-state index in [-0.39, 0.29) is 35.4 Å². The third-order valence-corrected chi connectivity index (χ3v) is 4.25. The van der Waals surface area contributed by atoms with Crippen molar-refractivity contribution in [2.75, 3.05) is 26.8 Å². The summed E-state index contributed by atoms with van der Waals surface area (Å²) in [5.41, 5.74) is 3.08. The van der Waals surface area contributed by atoms with Crippen LogP contribution in [0.15, 0.2) is 29.3 Å². The van der Waals surface area contributed by atoms with Gasteiger partial charge in [0.2, 0.25) is 0 Å². The second kappa shape index (κ2) is 9.47. The third kappa shape index (κ3) is 5.64. The molecule has 4 nitrogen and oxygen atoms in total. The molecule has 0 aromatic heterocycles. The largest absolute Gasteiger partial charge is 0.383 e. The maximum absolute atomic E-state index is 5.18. The van der Waals surface area contributed by atoms with Crippen LogP contribution in [0.2, 0.25) is 0 Å². The monoisotopic (exact) mass is 431 g/mol. The maximum atomic E-state index is 5.18. The van der Waals surface area contributed by atoms with Gasteiger partial charge in [0.25, 0.3) is 0 Å². The Balaban J connectivity index is 0.00000264. The topological polar surface area (TPSA) is 45.7 Å². The molecule has 1 aliphatic carbocycles. The number of hydrogen-bond donors (Lipinski definition) is 2. The lowest BCUT2D eigenvalue weighted by atomic mass is 9.92. The van der Waals surface area contributed by atoms with Crippen LogP contribution >= 0.6 is 24.0 Å². The van der Waals surface area contributed by atoms with Crippen LogP contribution in [0.4, 0.5) is 0 Å². The molecule has 1 saturated carbocycles. The third-order valence-electron chi connectivity index (χ3n) is 4.25. The van der Waals surface area contributed by atoms with Crippen molar-refractivity contribution in [3.05, 3.63) is 35.4 Å². The lowest BCUT2D eigenvalue weighted by Crippen LogP contribution is -2.44. The van der Waals surface area contributed by atoms with Gasteiger partial charge >= 0.3 is 0 Å². The van der Waals surface area contributed by atoms with E-state index in [9.17, 15) is 0 Å². The van der Waals surface area contributed by atoms with Crippen LogP contribution < -0.4 is 10.6 Å². The van der Waals surface area contributed by atoms with Crippen molar-refractivity contribution in [2.24, 2.45) is 4.99 Å². The number of nitrogens with zero attached hydrogens (tertiary/aromatic N) is 1. The molecule has 1 aromatic rings. The Morgan fingerprint density at radius 1 is 1.35 bits per heavy atom. The van der Waals surface area contributed by atoms with Gasteiger partial charge in [-0.15, -0.1) is 24.0 Å². The lowest BCUT2D eigenvalue weighted by Gasteiger charge is -2.20. The Hall–Kier alpha value is -0.820. The standard InChI is InChI=1S/C18H29N3O.HI/c1-5-19-17(21-15(3)12-22-4)20-13-18(10-11-18)16-9-7-6-8-14(16)2;/h6-9,15H,5,10-13H2,1-4H3,(H2,19,20,21);1H. The summed E-state index contributed by atoms with van der Waals surface area (Å²) in [7, 11) is 1.72. The van der Waals surface area contributed by atoms with Crippen LogP contribution in [-0.2, 0) is 10.2 Å². The van der Waals surface area contributed by atoms with Gasteiger partial charge in [0.1, 0.15) is 0 Å². The minimum absolute atomic E-state index is 0. The van der Waals surface area contributed by atoms with Crippen LogP contribution in [0.25, 0.3) is 0 Å². The molecule has 0 heterocycles. The molecular weight excluding hydrogens is 401 g/mol. The molecule has 0 amide bonds. The SMILES string of the molecule is CCNC(=NCC1(c2ccccc2C)CC1)NC(C)COC.I. The highest BCUT2D eigenvalue weighted by atomic mass is 127. The molecule has 1 unspecified atom stereocenters. The van der Waals surface area contributed by atoms with Gasteiger partial charge in [-0.3, -0.25) is 4.99 Å². The van der Waals surface area contributed by atoms with Gasteiger partial charge in [-0.1, -0.05) is 24.3 Å². The molecule has 0 aliphatic heterocycles. The fourth-order valence-electron chi connectivity index (χ4n) is 2.91. The first-order valence-corrected chi connectivity index (χ1v) is 8.21.